The molecule has 8 heteroatoms. The van der Waals surface area contributed by atoms with Gasteiger partial charge in [0.2, 0.25) is 5.91 Å². The number of carbonyl (C=O) groups excluding carboxylic acids is 3. The van der Waals surface area contributed by atoms with E-state index in [0.717, 1.165) is 11.1 Å². The Kier molecular flexibility index (Phi) is 10.8. The van der Waals surface area contributed by atoms with Gasteiger partial charge in [0.25, 0.3) is 5.91 Å². The highest BCUT2D eigenvalue weighted by atomic mass is 16.6. The largest absolute Gasteiger partial charge is 0.497 e. The predicted molar refractivity (Wildman–Crippen MR) is 171 cm³/mol. The van der Waals surface area contributed by atoms with Gasteiger partial charge in [-0.15, -0.1) is 0 Å². The summed E-state index contributed by atoms with van der Waals surface area (Å²) in [4.78, 5) is 43.3. The summed E-state index contributed by atoms with van der Waals surface area (Å²) in [5.74, 6) is -0.191. The van der Waals surface area contributed by atoms with E-state index in [2.05, 4.69) is 17.2 Å². The molecule has 8 nitrogen and oxygen atoms in total. The average molecular weight is 586 g/mol. The van der Waals surface area contributed by atoms with Crippen LogP contribution in [-0.4, -0.2) is 47.1 Å². The van der Waals surface area contributed by atoms with Crippen LogP contribution in [0.2, 0.25) is 0 Å². The van der Waals surface area contributed by atoms with Crippen LogP contribution in [0.3, 0.4) is 0 Å². The number of anilines is 1. The molecule has 0 saturated heterocycles. The maximum absolute atomic E-state index is 14.6. The van der Waals surface area contributed by atoms with Crippen LogP contribution in [0.15, 0.2) is 85.4 Å². The third-order valence-electron chi connectivity index (χ3n) is 6.56. The van der Waals surface area contributed by atoms with Crippen LogP contribution in [0.5, 0.6) is 5.75 Å². The quantitative estimate of drug-likeness (QED) is 0.273. The number of carbonyl (C=O) groups is 3. The molecule has 2 N–H and O–H groups in total. The summed E-state index contributed by atoms with van der Waals surface area (Å²) in [6.07, 6.45) is 1.17. The molecule has 2 atom stereocenters. The van der Waals surface area contributed by atoms with Crippen LogP contribution >= 0.6 is 0 Å². The lowest BCUT2D eigenvalue weighted by atomic mass is 9.93. The minimum Gasteiger partial charge on any atom is -0.497 e. The van der Waals surface area contributed by atoms with Crippen molar-refractivity contribution in [1.29, 1.82) is 0 Å². The number of alkyl carbamates (subject to hydrolysis) is 1. The normalized spacial score (nSPS) is 12.8. The fourth-order valence-electron chi connectivity index (χ4n) is 4.67. The van der Waals surface area contributed by atoms with Gasteiger partial charge in [-0.05, 0) is 88.6 Å². The van der Waals surface area contributed by atoms with Crippen LogP contribution in [0.25, 0.3) is 6.08 Å². The Labute approximate surface area is 255 Å². The van der Waals surface area contributed by atoms with Gasteiger partial charge in [0.15, 0.2) is 0 Å². The third kappa shape index (κ3) is 9.46. The van der Waals surface area contributed by atoms with Gasteiger partial charge in [0.05, 0.1) is 7.11 Å². The van der Waals surface area contributed by atoms with Crippen molar-refractivity contribution in [1.82, 2.24) is 10.2 Å². The molecular formula is C35H43N3O5. The fourth-order valence-corrected chi connectivity index (χ4v) is 4.67. The van der Waals surface area contributed by atoms with Crippen LogP contribution in [0.4, 0.5) is 10.5 Å². The van der Waals surface area contributed by atoms with E-state index in [-0.39, 0.29) is 6.42 Å². The van der Waals surface area contributed by atoms with E-state index < -0.39 is 41.1 Å². The lowest BCUT2D eigenvalue weighted by Gasteiger charge is -2.43. The summed E-state index contributed by atoms with van der Waals surface area (Å²) >= 11 is 0. The molecule has 3 aromatic rings. The van der Waals surface area contributed by atoms with E-state index in [4.69, 9.17) is 9.47 Å². The van der Waals surface area contributed by atoms with Crippen molar-refractivity contribution in [2.24, 2.45) is 0 Å². The van der Waals surface area contributed by atoms with Crippen molar-refractivity contribution in [2.45, 2.75) is 71.2 Å². The predicted octanol–water partition coefficient (Wildman–Crippen LogP) is 6.78. The molecular weight excluding hydrogens is 542 g/mol. The summed E-state index contributed by atoms with van der Waals surface area (Å²) in [6, 6.07) is 21.7. The molecule has 43 heavy (non-hydrogen) atoms. The van der Waals surface area contributed by atoms with E-state index in [1.165, 1.54) is 0 Å². The second kappa shape index (κ2) is 14.1. The van der Waals surface area contributed by atoms with Crippen molar-refractivity contribution < 1.29 is 23.9 Å². The van der Waals surface area contributed by atoms with E-state index in [1.807, 2.05) is 75.4 Å². The molecule has 0 aliphatic rings. The van der Waals surface area contributed by atoms with Crippen LogP contribution in [0, 0.1) is 0 Å². The minimum atomic E-state index is -1.05. The third-order valence-corrected chi connectivity index (χ3v) is 6.56. The molecule has 228 valence electrons. The first-order chi connectivity index (χ1) is 20.2. The van der Waals surface area contributed by atoms with Crippen LogP contribution < -0.4 is 15.4 Å². The van der Waals surface area contributed by atoms with Crippen molar-refractivity contribution in [3.8, 4) is 5.75 Å². The number of nitrogens with zero attached hydrogens (tertiary/aromatic N) is 1. The van der Waals surface area contributed by atoms with E-state index in [1.54, 1.807) is 63.1 Å². The van der Waals surface area contributed by atoms with Crippen molar-refractivity contribution in [3.63, 3.8) is 0 Å². The molecule has 0 spiro atoms. The Balaban J connectivity index is 2.11. The van der Waals surface area contributed by atoms with Gasteiger partial charge in [0.1, 0.15) is 23.4 Å². The molecule has 3 rings (SSSR count). The first kappa shape index (κ1) is 32.9. The molecule has 0 saturated carbocycles. The first-order valence-corrected chi connectivity index (χ1v) is 14.3. The summed E-state index contributed by atoms with van der Waals surface area (Å²) < 4.78 is 10.8. The zero-order valence-electron chi connectivity index (χ0n) is 26.1. The average Bonchev–Trinajstić information content (AvgIpc) is 2.94. The summed E-state index contributed by atoms with van der Waals surface area (Å²) in [5.41, 5.74) is 1.19. The van der Waals surface area contributed by atoms with Crippen LogP contribution in [-0.2, 0) is 20.7 Å². The number of methoxy groups -OCH3 is 1. The van der Waals surface area contributed by atoms with E-state index >= 15 is 0 Å². The van der Waals surface area contributed by atoms with Gasteiger partial charge in [-0.2, -0.15) is 0 Å². The molecule has 0 heterocycles. The monoisotopic (exact) mass is 585 g/mol. The Morgan fingerprint density at radius 2 is 1.56 bits per heavy atom. The Morgan fingerprint density at radius 3 is 2.12 bits per heavy atom. The number of amides is 3. The number of benzene rings is 3. The maximum Gasteiger partial charge on any atom is 0.408 e. The lowest BCUT2D eigenvalue weighted by molar-refractivity contribution is -0.146. The van der Waals surface area contributed by atoms with Gasteiger partial charge in [0, 0.05) is 17.6 Å². The number of ether oxygens (including phenoxy) is 2. The van der Waals surface area contributed by atoms with Gasteiger partial charge in [-0.25, -0.2) is 4.79 Å². The Hall–Kier alpha value is -4.59. The molecule has 0 aliphatic heterocycles. The zero-order chi connectivity index (χ0) is 31.8. The van der Waals surface area contributed by atoms with Crippen molar-refractivity contribution >= 4 is 29.7 Å². The summed E-state index contributed by atoms with van der Waals surface area (Å²) in [6.45, 7) is 14.7. The highest BCUT2D eigenvalue weighted by Crippen LogP contribution is 2.32. The topological polar surface area (TPSA) is 97.0 Å². The molecule has 0 radical (unpaired) electrons. The number of hydrogen-bond donors (Lipinski definition) is 2. The molecule has 3 amide bonds. The zero-order valence-corrected chi connectivity index (χ0v) is 26.1. The van der Waals surface area contributed by atoms with Gasteiger partial charge < -0.3 is 25.0 Å². The van der Waals surface area contributed by atoms with Gasteiger partial charge >= 0.3 is 6.09 Å². The molecule has 0 aromatic heterocycles. The maximum atomic E-state index is 14.6. The number of hydrogen-bond acceptors (Lipinski definition) is 5. The molecule has 0 bridgehead atoms. The number of rotatable bonds is 10. The highest BCUT2D eigenvalue weighted by Gasteiger charge is 2.42. The van der Waals surface area contributed by atoms with E-state index in [0.29, 0.717) is 17.0 Å². The second-order valence-corrected chi connectivity index (χ2v) is 12.3. The molecule has 0 fully saturated rings. The van der Waals surface area contributed by atoms with Gasteiger partial charge in [-0.1, -0.05) is 61.2 Å². The first-order valence-electron chi connectivity index (χ1n) is 14.3. The SMILES string of the molecule is C=Cc1cccc(C(C(=O)Nc2ccc(OC)cc2)N(C(=O)C(Cc2ccccc2)NC(=O)OC(C)(C)C)C(C)(C)C)c1. The summed E-state index contributed by atoms with van der Waals surface area (Å²) in [5, 5.41) is 5.76. The Morgan fingerprint density at radius 1 is 0.907 bits per heavy atom. The summed E-state index contributed by atoms with van der Waals surface area (Å²) in [7, 11) is 1.57. The molecule has 0 aliphatic carbocycles. The smallest absolute Gasteiger partial charge is 0.408 e. The van der Waals surface area contributed by atoms with Gasteiger partial charge in [-0.3, -0.25) is 9.59 Å². The molecule has 2 unspecified atom stereocenters. The second-order valence-electron chi connectivity index (χ2n) is 12.3. The Bertz CT molecular complexity index is 1410. The van der Waals surface area contributed by atoms with Crippen LogP contribution in [0.1, 0.15) is 64.3 Å². The minimum absolute atomic E-state index is 0.199. The molecule has 3 aromatic carbocycles. The van der Waals surface area contributed by atoms with Crippen molar-refractivity contribution in [2.75, 3.05) is 12.4 Å². The highest BCUT2D eigenvalue weighted by molar-refractivity contribution is 5.99. The standard InChI is InChI=1S/C35H43N3O5/c1-9-24-16-13-17-26(22-24)30(31(39)36-27-18-20-28(42-8)21-19-27)38(34(2,3)4)32(40)29(23-25-14-11-10-12-15-25)37-33(41)43-35(5,6)7/h9-22,29-30H,1,23H2,2-8H3,(H,36,39)(H,37,41). The lowest BCUT2D eigenvalue weighted by Crippen LogP contribution is -2.58. The number of nitrogens with one attached hydrogen (secondary N) is 2. The fraction of sp³-hybridized carbons (Fsp3) is 0.343. The van der Waals surface area contributed by atoms with Crippen molar-refractivity contribution in [3.05, 3.63) is 102 Å². The van der Waals surface area contributed by atoms with E-state index in [9.17, 15) is 14.4 Å².